The van der Waals surface area contributed by atoms with Gasteiger partial charge in [0.25, 0.3) is 0 Å². The number of nitrogens with one attached hydrogen (secondary N) is 2. The van der Waals surface area contributed by atoms with Crippen molar-refractivity contribution in [3.63, 3.8) is 0 Å². The zero-order valence-corrected chi connectivity index (χ0v) is 12.9. The van der Waals surface area contributed by atoms with E-state index in [4.69, 9.17) is 9.15 Å². The van der Waals surface area contributed by atoms with Crippen molar-refractivity contribution in [3.8, 4) is 5.88 Å². The van der Waals surface area contributed by atoms with Crippen molar-refractivity contribution in [3.05, 3.63) is 42.5 Å². The quantitative estimate of drug-likeness (QED) is 0.854. The largest absolute Gasteiger partial charge is 0.480 e. The van der Waals surface area contributed by atoms with Crippen molar-refractivity contribution in [2.75, 3.05) is 33.1 Å². The number of carbonyl (C=O) groups is 1. The maximum atomic E-state index is 12.0. The van der Waals surface area contributed by atoms with Gasteiger partial charge in [-0.2, -0.15) is 0 Å². The predicted molar refractivity (Wildman–Crippen MR) is 82.9 cm³/mol. The summed E-state index contributed by atoms with van der Waals surface area (Å²) in [5, 5.41) is 5.53. The van der Waals surface area contributed by atoms with Gasteiger partial charge >= 0.3 is 6.03 Å². The van der Waals surface area contributed by atoms with Crippen LogP contribution in [0.4, 0.5) is 10.5 Å². The number of aromatic nitrogens is 1. The molecule has 0 saturated carbocycles. The Kier molecular flexibility index (Phi) is 5.37. The van der Waals surface area contributed by atoms with Crippen molar-refractivity contribution in [2.24, 2.45) is 0 Å². The maximum Gasteiger partial charge on any atom is 0.319 e. The SMILES string of the molecule is COc1ncccc1NC(=O)NC[C@@H](c1ccco1)N(C)C. The molecule has 0 radical (unpaired) electrons. The third-order valence-electron chi connectivity index (χ3n) is 3.16. The molecule has 118 valence electrons. The lowest BCUT2D eigenvalue weighted by molar-refractivity contribution is 0.233. The number of likely N-dealkylation sites (N-methyl/N-ethyl adjacent to an activating group) is 1. The number of ether oxygens (including phenoxy) is 1. The molecule has 0 unspecified atom stereocenters. The van der Waals surface area contributed by atoms with E-state index in [0.717, 1.165) is 5.76 Å². The Morgan fingerprint density at radius 2 is 2.23 bits per heavy atom. The van der Waals surface area contributed by atoms with Crippen LogP contribution in [0.15, 0.2) is 41.1 Å². The van der Waals surface area contributed by atoms with Gasteiger partial charge in [0.2, 0.25) is 5.88 Å². The van der Waals surface area contributed by atoms with E-state index < -0.39 is 0 Å². The van der Waals surface area contributed by atoms with Crippen molar-refractivity contribution in [2.45, 2.75) is 6.04 Å². The Morgan fingerprint density at radius 1 is 1.41 bits per heavy atom. The summed E-state index contributed by atoms with van der Waals surface area (Å²) in [6.07, 6.45) is 3.22. The van der Waals surface area contributed by atoms with Gasteiger partial charge in [-0.05, 0) is 38.4 Å². The summed E-state index contributed by atoms with van der Waals surface area (Å²) in [4.78, 5) is 18.0. The maximum absolute atomic E-state index is 12.0. The molecule has 2 N–H and O–H groups in total. The Bertz CT molecular complexity index is 599. The van der Waals surface area contributed by atoms with Gasteiger partial charge in [0.15, 0.2) is 0 Å². The first kappa shape index (κ1) is 15.8. The predicted octanol–water partition coefficient (Wildman–Crippen LogP) is 2.11. The Balaban J connectivity index is 1.94. The third kappa shape index (κ3) is 3.98. The van der Waals surface area contributed by atoms with Gasteiger partial charge in [-0.1, -0.05) is 0 Å². The lowest BCUT2D eigenvalue weighted by Crippen LogP contribution is -2.36. The van der Waals surface area contributed by atoms with Crippen LogP contribution in [0.5, 0.6) is 5.88 Å². The first-order valence-corrected chi connectivity index (χ1v) is 6.85. The lowest BCUT2D eigenvalue weighted by Gasteiger charge is -2.22. The molecule has 0 saturated heterocycles. The summed E-state index contributed by atoms with van der Waals surface area (Å²) in [6.45, 7) is 0.412. The number of urea groups is 1. The fourth-order valence-electron chi connectivity index (χ4n) is 2.02. The average molecular weight is 304 g/mol. The summed E-state index contributed by atoms with van der Waals surface area (Å²) in [7, 11) is 5.36. The van der Waals surface area contributed by atoms with E-state index in [2.05, 4.69) is 15.6 Å². The van der Waals surface area contributed by atoms with Crippen molar-refractivity contribution < 1.29 is 13.9 Å². The summed E-state index contributed by atoms with van der Waals surface area (Å²) < 4.78 is 10.5. The minimum atomic E-state index is -0.329. The fraction of sp³-hybridized carbons (Fsp3) is 0.333. The molecule has 2 rings (SSSR count). The molecule has 7 heteroatoms. The van der Waals surface area contributed by atoms with E-state index in [1.54, 1.807) is 24.6 Å². The molecule has 22 heavy (non-hydrogen) atoms. The number of furan rings is 1. The highest BCUT2D eigenvalue weighted by molar-refractivity contribution is 5.90. The van der Waals surface area contributed by atoms with E-state index in [9.17, 15) is 4.79 Å². The van der Waals surface area contributed by atoms with Gasteiger partial charge in [0, 0.05) is 12.7 Å². The molecule has 0 aliphatic heterocycles. The smallest absolute Gasteiger partial charge is 0.319 e. The molecule has 2 aromatic rings. The zero-order chi connectivity index (χ0) is 15.9. The second-order valence-electron chi connectivity index (χ2n) is 4.89. The average Bonchev–Trinajstić information content (AvgIpc) is 3.01. The molecule has 0 aliphatic rings. The van der Waals surface area contributed by atoms with Gasteiger partial charge in [0.05, 0.1) is 19.4 Å². The molecule has 0 spiro atoms. The molecule has 2 amide bonds. The van der Waals surface area contributed by atoms with Gasteiger partial charge < -0.3 is 19.8 Å². The van der Waals surface area contributed by atoms with Gasteiger partial charge in [0.1, 0.15) is 11.4 Å². The molecule has 1 atom stereocenters. The first-order chi connectivity index (χ1) is 10.6. The Labute approximate surface area is 129 Å². The van der Waals surface area contributed by atoms with E-state index in [0.29, 0.717) is 18.1 Å². The molecule has 0 fully saturated rings. The van der Waals surface area contributed by atoms with Crippen molar-refractivity contribution in [1.82, 2.24) is 15.2 Å². The molecule has 2 aromatic heterocycles. The normalized spacial score (nSPS) is 12.0. The molecular weight excluding hydrogens is 284 g/mol. The van der Waals surface area contributed by atoms with Crippen LogP contribution in [-0.4, -0.2) is 43.7 Å². The van der Waals surface area contributed by atoms with Crippen LogP contribution >= 0.6 is 0 Å². The summed E-state index contributed by atoms with van der Waals surface area (Å²) in [6, 6.07) is 6.78. The molecular formula is C15H20N4O3. The van der Waals surface area contributed by atoms with Crippen LogP contribution in [0.25, 0.3) is 0 Å². The number of nitrogens with zero attached hydrogens (tertiary/aromatic N) is 2. The third-order valence-corrected chi connectivity index (χ3v) is 3.16. The zero-order valence-electron chi connectivity index (χ0n) is 12.9. The van der Waals surface area contributed by atoms with Crippen LogP contribution in [0, 0.1) is 0 Å². The second kappa shape index (κ2) is 7.46. The number of amides is 2. The van der Waals surface area contributed by atoms with Gasteiger partial charge in [-0.25, -0.2) is 9.78 Å². The fourth-order valence-corrected chi connectivity index (χ4v) is 2.02. The molecule has 0 aromatic carbocycles. The molecule has 2 heterocycles. The Hall–Kier alpha value is -2.54. The van der Waals surface area contributed by atoms with Crippen LogP contribution in [0.2, 0.25) is 0 Å². The number of hydrogen-bond donors (Lipinski definition) is 2. The number of rotatable bonds is 6. The van der Waals surface area contributed by atoms with Crippen LogP contribution in [0.1, 0.15) is 11.8 Å². The monoisotopic (exact) mass is 304 g/mol. The minimum absolute atomic E-state index is 0.0449. The highest BCUT2D eigenvalue weighted by Gasteiger charge is 2.18. The summed E-state index contributed by atoms with van der Waals surface area (Å²) in [5.41, 5.74) is 0.516. The number of methoxy groups -OCH3 is 1. The lowest BCUT2D eigenvalue weighted by atomic mass is 10.2. The Morgan fingerprint density at radius 3 is 2.86 bits per heavy atom. The van der Waals surface area contributed by atoms with Gasteiger partial charge in [-0.3, -0.25) is 4.90 Å². The minimum Gasteiger partial charge on any atom is -0.480 e. The van der Waals surface area contributed by atoms with Crippen LogP contribution < -0.4 is 15.4 Å². The van der Waals surface area contributed by atoms with Crippen molar-refractivity contribution in [1.29, 1.82) is 0 Å². The highest BCUT2D eigenvalue weighted by atomic mass is 16.5. The molecule has 0 bridgehead atoms. The topological polar surface area (TPSA) is 79.6 Å². The highest BCUT2D eigenvalue weighted by Crippen LogP contribution is 2.20. The second-order valence-corrected chi connectivity index (χ2v) is 4.89. The summed E-state index contributed by atoms with van der Waals surface area (Å²) >= 11 is 0. The first-order valence-electron chi connectivity index (χ1n) is 6.85. The number of hydrogen-bond acceptors (Lipinski definition) is 5. The molecule has 0 aliphatic carbocycles. The number of anilines is 1. The number of carbonyl (C=O) groups excluding carboxylic acids is 1. The van der Waals surface area contributed by atoms with Gasteiger partial charge in [-0.15, -0.1) is 0 Å². The molecule has 7 nitrogen and oxygen atoms in total. The van der Waals surface area contributed by atoms with E-state index in [-0.39, 0.29) is 12.1 Å². The van der Waals surface area contributed by atoms with E-state index in [1.807, 2.05) is 31.1 Å². The van der Waals surface area contributed by atoms with E-state index >= 15 is 0 Å². The number of pyridine rings is 1. The van der Waals surface area contributed by atoms with Crippen molar-refractivity contribution >= 4 is 11.7 Å². The standard InChI is InChI=1S/C15H20N4O3/c1-19(2)12(13-7-5-9-22-13)10-17-15(20)18-11-6-4-8-16-14(11)21-3/h4-9,12H,10H2,1-3H3,(H2,17,18,20)/t12-/m0/s1. The van der Waals surface area contributed by atoms with Crippen LogP contribution in [-0.2, 0) is 0 Å². The van der Waals surface area contributed by atoms with Crippen LogP contribution in [0.3, 0.4) is 0 Å². The summed E-state index contributed by atoms with van der Waals surface area (Å²) in [5.74, 6) is 1.16. The van der Waals surface area contributed by atoms with E-state index in [1.165, 1.54) is 7.11 Å².